The first-order chi connectivity index (χ1) is 11.6. The second kappa shape index (κ2) is 8.93. The van der Waals surface area contributed by atoms with Gasteiger partial charge < -0.3 is 19.7 Å². The predicted molar refractivity (Wildman–Crippen MR) is 94.4 cm³/mol. The van der Waals surface area contributed by atoms with E-state index in [1.165, 1.54) is 0 Å². The van der Waals surface area contributed by atoms with Crippen LogP contribution in [-0.4, -0.2) is 45.2 Å². The van der Waals surface area contributed by atoms with Crippen molar-refractivity contribution in [1.82, 2.24) is 10.2 Å². The van der Waals surface area contributed by atoms with Gasteiger partial charge in [0.15, 0.2) is 6.61 Å². The summed E-state index contributed by atoms with van der Waals surface area (Å²) in [6.07, 6.45) is 0. The molecule has 2 aromatic carbocycles. The van der Waals surface area contributed by atoms with Gasteiger partial charge in [-0.05, 0) is 43.9 Å². The van der Waals surface area contributed by atoms with Crippen LogP contribution in [0.5, 0.6) is 11.5 Å². The summed E-state index contributed by atoms with van der Waals surface area (Å²) < 4.78 is 10.6. The predicted octanol–water partition coefficient (Wildman–Crippen LogP) is 2.49. The Balaban J connectivity index is 1.87. The van der Waals surface area contributed by atoms with Crippen molar-refractivity contribution in [2.75, 3.05) is 34.4 Å². The lowest BCUT2D eigenvalue weighted by molar-refractivity contribution is -0.123. The molecule has 0 spiro atoms. The number of carbonyl (C=O) groups excluding carboxylic acids is 1. The summed E-state index contributed by atoms with van der Waals surface area (Å²) in [4.78, 5) is 14.1. The van der Waals surface area contributed by atoms with E-state index in [9.17, 15) is 4.79 Å². The lowest BCUT2D eigenvalue weighted by Crippen LogP contribution is -2.36. The molecule has 5 nitrogen and oxygen atoms in total. The highest BCUT2D eigenvalue weighted by Gasteiger charge is 2.15. The summed E-state index contributed by atoms with van der Waals surface area (Å²) in [6.45, 7) is 0.517. The monoisotopic (exact) mass is 328 g/mol. The van der Waals surface area contributed by atoms with E-state index >= 15 is 0 Å². The number of carbonyl (C=O) groups is 1. The Labute approximate surface area is 143 Å². The molecule has 0 aliphatic carbocycles. The van der Waals surface area contributed by atoms with Crippen molar-refractivity contribution in [2.24, 2.45) is 0 Å². The maximum atomic E-state index is 12.0. The van der Waals surface area contributed by atoms with Crippen LogP contribution in [0.3, 0.4) is 0 Å². The zero-order valence-electron chi connectivity index (χ0n) is 14.4. The van der Waals surface area contributed by atoms with Crippen LogP contribution < -0.4 is 14.8 Å². The Morgan fingerprint density at radius 2 is 1.71 bits per heavy atom. The molecule has 0 aliphatic heterocycles. The van der Waals surface area contributed by atoms with Crippen LogP contribution in [0, 0.1) is 0 Å². The minimum absolute atomic E-state index is 0.00672. The van der Waals surface area contributed by atoms with Crippen molar-refractivity contribution in [1.29, 1.82) is 0 Å². The number of nitrogens with zero attached hydrogens (tertiary/aromatic N) is 1. The SMILES string of the molecule is COc1ccc(C(CNC(=O)COc2ccccc2)N(C)C)cc1. The number of para-hydroxylation sites is 1. The van der Waals surface area contributed by atoms with E-state index in [0.29, 0.717) is 12.3 Å². The highest BCUT2D eigenvalue weighted by molar-refractivity contribution is 5.77. The van der Waals surface area contributed by atoms with Gasteiger partial charge in [0.2, 0.25) is 0 Å². The number of likely N-dealkylation sites (N-methyl/N-ethyl adjacent to an activating group) is 1. The maximum Gasteiger partial charge on any atom is 0.258 e. The molecule has 0 saturated carbocycles. The molecule has 0 radical (unpaired) electrons. The summed E-state index contributed by atoms with van der Waals surface area (Å²) in [7, 11) is 5.62. The fourth-order valence-electron chi connectivity index (χ4n) is 2.35. The third kappa shape index (κ3) is 5.28. The molecule has 1 N–H and O–H groups in total. The van der Waals surface area contributed by atoms with Gasteiger partial charge in [-0.25, -0.2) is 0 Å². The molecule has 24 heavy (non-hydrogen) atoms. The molecule has 0 saturated heterocycles. The van der Waals surface area contributed by atoms with Gasteiger partial charge in [-0.1, -0.05) is 30.3 Å². The molecule has 5 heteroatoms. The zero-order valence-corrected chi connectivity index (χ0v) is 14.4. The molecule has 0 fully saturated rings. The number of amides is 1. The van der Waals surface area contributed by atoms with Crippen LogP contribution in [0.15, 0.2) is 54.6 Å². The van der Waals surface area contributed by atoms with E-state index in [0.717, 1.165) is 11.3 Å². The average Bonchev–Trinajstić information content (AvgIpc) is 2.61. The van der Waals surface area contributed by atoms with Crippen molar-refractivity contribution in [2.45, 2.75) is 6.04 Å². The fourth-order valence-corrected chi connectivity index (χ4v) is 2.35. The molecule has 2 aromatic rings. The van der Waals surface area contributed by atoms with Crippen LogP contribution in [0.25, 0.3) is 0 Å². The first kappa shape index (κ1) is 17.8. The van der Waals surface area contributed by atoms with Gasteiger partial charge in [-0.3, -0.25) is 4.79 Å². The van der Waals surface area contributed by atoms with E-state index in [1.807, 2.05) is 68.7 Å². The zero-order chi connectivity index (χ0) is 17.4. The highest BCUT2D eigenvalue weighted by atomic mass is 16.5. The first-order valence-electron chi connectivity index (χ1n) is 7.85. The van der Waals surface area contributed by atoms with Crippen molar-refractivity contribution < 1.29 is 14.3 Å². The molecular formula is C19H24N2O3. The number of rotatable bonds is 8. The van der Waals surface area contributed by atoms with E-state index in [4.69, 9.17) is 9.47 Å². The molecule has 128 valence electrons. The van der Waals surface area contributed by atoms with E-state index < -0.39 is 0 Å². The molecule has 1 atom stereocenters. The Morgan fingerprint density at radius 1 is 1.04 bits per heavy atom. The largest absolute Gasteiger partial charge is 0.497 e. The highest BCUT2D eigenvalue weighted by Crippen LogP contribution is 2.20. The maximum absolute atomic E-state index is 12.0. The van der Waals surface area contributed by atoms with Gasteiger partial charge in [-0.2, -0.15) is 0 Å². The minimum atomic E-state index is -0.140. The van der Waals surface area contributed by atoms with E-state index in [2.05, 4.69) is 10.2 Å². The second-order valence-corrected chi connectivity index (χ2v) is 5.66. The van der Waals surface area contributed by atoms with Crippen molar-refractivity contribution in [3.05, 3.63) is 60.2 Å². The Hall–Kier alpha value is -2.53. The van der Waals surface area contributed by atoms with Crippen LogP contribution in [0.4, 0.5) is 0 Å². The van der Waals surface area contributed by atoms with Crippen molar-refractivity contribution in [3.8, 4) is 11.5 Å². The molecule has 0 aliphatic rings. The molecule has 0 aromatic heterocycles. The van der Waals surface area contributed by atoms with E-state index in [-0.39, 0.29) is 18.6 Å². The van der Waals surface area contributed by atoms with E-state index in [1.54, 1.807) is 7.11 Å². The standard InChI is InChI=1S/C19H24N2O3/c1-21(2)18(15-9-11-16(23-3)12-10-15)13-20-19(22)14-24-17-7-5-4-6-8-17/h4-12,18H,13-14H2,1-3H3,(H,20,22). The van der Waals surface area contributed by atoms with Crippen LogP contribution in [0.1, 0.15) is 11.6 Å². The molecule has 1 unspecified atom stereocenters. The summed E-state index contributed by atoms with van der Waals surface area (Å²) in [5.41, 5.74) is 1.12. The average molecular weight is 328 g/mol. The number of ether oxygens (including phenoxy) is 2. The fraction of sp³-hybridized carbons (Fsp3) is 0.316. The number of hydrogen-bond donors (Lipinski definition) is 1. The second-order valence-electron chi connectivity index (χ2n) is 5.66. The number of benzene rings is 2. The number of methoxy groups -OCH3 is 1. The number of hydrogen-bond acceptors (Lipinski definition) is 4. The van der Waals surface area contributed by atoms with Crippen LogP contribution >= 0.6 is 0 Å². The van der Waals surface area contributed by atoms with Gasteiger partial charge in [0.05, 0.1) is 13.2 Å². The van der Waals surface area contributed by atoms with Crippen molar-refractivity contribution >= 4 is 5.91 Å². The molecular weight excluding hydrogens is 304 g/mol. The summed E-state index contributed by atoms with van der Waals surface area (Å²) in [5.74, 6) is 1.36. The normalized spacial score (nSPS) is 11.8. The van der Waals surface area contributed by atoms with Crippen LogP contribution in [0.2, 0.25) is 0 Å². The molecule has 2 rings (SSSR count). The first-order valence-corrected chi connectivity index (χ1v) is 7.85. The Bertz CT molecular complexity index is 627. The summed E-state index contributed by atoms with van der Waals surface area (Å²) in [5, 5.41) is 2.92. The quantitative estimate of drug-likeness (QED) is 0.809. The summed E-state index contributed by atoms with van der Waals surface area (Å²) in [6, 6.07) is 17.3. The molecule has 0 heterocycles. The topological polar surface area (TPSA) is 50.8 Å². The van der Waals surface area contributed by atoms with Gasteiger partial charge >= 0.3 is 0 Å². The Morgan fingerprint density at radius 3 is 2.29 bits per heavy atom. The lowest BCUT2D eigenvalue weighted by atomic mass is 10.1. The van der Waals surface area contributed by atoms with Crippen molar-refractivity contribution in [3.63, 3.8) is 0 Å². The lowest BCUT2D eigenvalue weighted by Gasteiger charge is -2.25. The Kier molecular flexibility index (Phi) is 6.63. The van der Waals surface area contributed by atoms with Gasteiger partial charge in [0, 0.05) is 6.54 Å². The minimum Gasteiger partial charge on any atom is -0.497 e. The third-order valence-corrected chi connectivity index (χ3v) is 3.73. The van der Waals surface area contributed by atoms with Gasteiger partial charge in [0.25, 0.3) is 5.91 Å². The molecule has 1 amide bonds. The molecule has 0 bridgehead atoms. The summed E-state index contributed by atoms with van der Waals surface area (Å²) >= 11 is 0. The smallest absolute Gasteiger partial charge is 0.258 e. The van der Waals surface area contributed by atoms with Gasteiger partial charge in [0.1, 0.15) is 11.5 Å². The number of nitrogens with one attached hydrogen (secondary N) is 1. The van der Waals surface area contributed by atoms with Crippen LogP contribution in [-0.2, 0) is 4.79 Å². The third-order valence-electron chi connectivity index (χ3n) is 3.73. The van der Waals surface area contributed by atoms with Gasteiger partial charge in [-0.15, -0.1) is 0 Å².